The molecule has 1 atom stereocenters. The highest BCUT2D eigenvalue weighted by atomic mass is 15.2. The zero-order chi connectivity index (χ0) is 13.3. The van der Waals surface area contributed by atoms with Crippen molar-refractivity contribution in [3.8, 4) is 0 Å². The fraction of sp³-hybridized carbons (Fsp3) is 0.375. The van der Waals surface area contributed by atoms with Crippen LogP contribution in [0.3, 0.4) is 0 Å². The summed E-state index contributed by atoms with van der Waals surface area (Å²) in [5.41, 5.74) is 1.66. The van der Waals surface area contributed by atoms with E-state index in [-0.39, 0.29) is 5.41 Å². The molecule has 1 aromatic heterocycles. The molecule has 0 N–H and O–H groups in total. The van der Waals surface area contributed by atoms with Crippen molar-refractivity contribution in [2.45, 2.75) is 19.8 Å². The summed E-state index contributed by atoms with van der Waals surface area (Å²) in [6, 6.07) is 10.8. The molecule has 3 rings (SSSR count). The SMILES string of the molecule is CC1(C)CN(c2cnccn2)C[C@H]1c1ccccc1. The summed E-state index contributed by atoms with van der Waals surface area (Å²) in [5, 5.41) is 0. The summed E-state index contributed by atoms with van der Waals surface area (Å²) in [6.07, 6.45) is 5.33. The molecular formula is C16H19N3. The Balaban J connectivity index is 1.88. The third kappa shape index (κ3) is 2.33. The summed E-state index contributed by atoms with van der Waals surface area (Å²) in [6.45, 7) is 6.70. The highest BCUT2D eigenvalue weighted by Gasteiger charge is 2.40. The lowest BCUT2D eigenvalue weighted by Gasteiger charge is -2.25. The van der Waals surface area contributed by atoms with Gasteiger partial charge in [-0.2, -0.15) is 0 Å². The Labute approximate surface area is 114 Å². The zero-order valence-corrected chi connectivity index (χ0v) is 11.5. The van der Waals surface area contributed by atoms with Crippen molar-refractivity contribution in [1.29, 1.82) is 0 Å². The van der Waals surface area contributed by atoms with Crippen LogP contribution in [0.1, 0.15) is 25.3 Å². The Morgan fingerprint density at radius 1 is 1.16 bits per heavy atom. The van der Waals surface area contributed by atoms with Gasteiger partial charge in [0, 0.05) is 31.4 Å². The molecule has 3 nitrogen and oxygen atoms in total. The van der Waals surface area contributed by atoms with Gasteiger partial charge in [0.1, 0.15) is 5.82 Å². The van der Waals surface area contributed by atoms with Gasteiger partial charge in [-0.15, -0.1) is 0 Å². The maximum atomic E-state index is 4.42. The van der Waals surface area contributed by atoms with Gasteiger partial charge < -0.3 is 4.90 Å². The third-order valence-corrected chi connectivity index (χ3v) is 4.02. The number of benzene rings is 1. The first-order valence-electron chi connectivity index (χ1n) is 6.73. The maximum Gasteiger partial charge on any atom is 0.147 e. The van der Waals surface area contributed by atoms with E-state index in [0.717, 1.165) is 18.9 Å². The average molecular weight is 253 g/mol. The van der Waals surface area contributed by atoms with E-state index >= 15 is 0 Å². The van der Waals surface area contributed by atoms with Crippen molar-refractivity contribution in [2.75, 3.05) is 18.0 Å². The van der Waals surface area contributed by atoms with Gasteiger partial charge in [-0.1, -0.05) is 44.2 Å². The number of hydrogen-bond donors (Lipinski definition) is 0. The van der Waals surface area contributed by atoms with Crippen LogP contribution in [0.2, 0.25) is 0 Å². The normalized spacial score (nSPS) is 21.6. The molecule has 2 aromatic rings. The van der Waals surface area contributed by atoms with Crippen LogP contribution in [0.4, 0.5) is 5.82 Å². The molecule has 98 valence electrons. The first-order chi connectivity index (χ1) is 9.17. The van der Waals surface area contributed by atoms with Gasteiger partial charge >= 0.3 is 0 Å². The van der Waals surface area contributed by atoms with Crippen molar-refractivity contribution in [1.82, 2.24) is 9.97 Å². The van der Waals surface area contributed by atoms with E-state index in [2.05, 4.69) is 59.0 Å². The second kappa shape index (κ2) is 4.65. The van der Waals surface area contributed by atoms with Crippen LogP contribution >= 0.6 is 0 Å². The summed E-state index contributed by atoms with van der Waals surface area (Å²) in [7, 11) is 0. The molecule has 3 heteroatoms. The monoisotopic (exact) mass is 253 g/mol. The van der Waals surface area contributed by atoms with Crippen LogP contribution in [-0.4, -0.2) is 23.1 Å². The minimum absolute atomic E-state index is 0.249. The van der Waals surface area contributed by atoms with E-state index in [1.165, 1.54) is 5.56 Å². The molecule has 1 aliphatic heterocycles. The lowest BCUT2D eigenvalue weighted by molar-refractivity contribution is 0.365. The molecule has 0 unspecified atom stereocenters. The van der Waals surface area contributed by atoms with Crippen molar-refractivity contribution in [3.05, 3.63) is 54.5 Å². The Bertz CT molecular complexity index is 536. The van der Waals surface area contributed by atoms with Crippen molar-refractivity contribution < 1.29 is 0 Å². The van der Waals surface area contributed by atoms with E-state index in [1.807, 2.05) is 6.20 Å². The average Bonchev–Trinajstić information content (AvgIpc) is 2.77. The molecule has 0 spiro atoms. The van der Waals surface area contributed by atoms with Gasteiger partial charge in [0.25, 0.3) is 0 Å². The van der Waals surface area contributed by atoms with Crippen molar-refractivity contribution in [3.63, 3.8) is 0 Å². The minimum Gasteiger partial charge on any atom is -0.354 e. The predicted octanol–water partition coefficient (Wildman–Crippen LogP) is 3.11. The Hall–Kier alpha value is -1.90. The lowest BCUT2D eigenvalue weighted by atomic mass is 9.78. The molecule has 2 heterocycles. The second-order valence-electron chi connectivity index (χ2n) is 5.90. The summed E-state index contributed by atoms with van der Waals surface area (Å²) < 4.78 is 0. The van der Waals surface area contributed by atoms with Gasteiger partial charge in [0.15, 0.2) is 0 Å². The number of nitrogens with zero attached hydrogens (tertiary/aromatic N) is 3. The van der Waals surface area contributed by atoms with Crippen LogP contribution in [0, 0.1) is 5.41 Å². The molecule has 1 fully saturated rings. The molecular weight excluding hydrogens is 234 g/mol. The molecule has 0 saturated carbocycles. The molecule has 0 aliphatic carbocycles. The number of hydrogen-bond acceptors (Lipinski definition) is 3. The fourth-order valence-corrected chi connectivity index (χ4v) is 3.01. The predicted molar refractivity (Wildman–Crippen MR) is 77.2 cm³/mol. The van der Waals surface area contributed by atoms with Crippen LogP contribution in [0.5, 0.6) is 0 Å². The minimum atomic E-state index is 0.249. The van der Waals surface area contributed by atoms with Gasteiger partial charge in [0.2, 0.25) is 0 Å². The van der Waals surface area contributed by atoms with Crippen molar-refractivity contribution >= 4 is 5.82 Å². The Kier molecular flexibility index (Phi) is 2.97. The quantitative estimate of drug-likeness (QED) is 0.823. The van der Waals surface area contributed by atoms with Crippen LogP contribution in [0.25, 0.3) is 0 Å². The van der Waals surface area contributed by atoms with Crippen molar-refractivity contribution in [2.24, 2.45) is 5.41 Å². The van der Waals surface area contributed by atoms with E-state index in [1.54, 1.807) is 12.4 Å². The topological polar surface area (TPSA) is 29.0 Å². The summed E-state index contributed by atoms with van der Waals surface area (Å²) in [5.74, 6) is 1.52. The van der Waals surface area contributed by atoms with E-state index in [4.69, 9.17) is 0 Å². The highest BCUT2D eigenvalue weighted by molar-refractivity contribution is 5.41. The number of aromatic nitrogens is 2. The number of anilines is 1. The van der Waals surface area contributed by atoms with Crippen LogP contribution in [0.15, 0.2) is 48.9 Å². The standard InChI is InChI=1S/C16H19N3/c1-16(2)12-19(15-10-17-8-9-18-15)11-14(16)13-6-4-3-5-7-13/h3-10,14H,11-12H2,1-2H3/t14-/m0/s1. The first-order valence-corrected chi connectivity index (χ1v) is 6.73. The first kappa shape index (κ1) is 12.2. The molecule has 0 amide bonds. The van der Waals surface area contributed by atoms with Crippen LogP contribution < -0.4 is 4.90 Å². The summed E-state index contributed by atoms with van der Waals surface area (Å²) >= 11 is 0. The molecule has 0 radical (unpaired) electrons. The largest absolute Gasteiger partial charge is 0.354 e. The molecule has 0 bridgehead atoms. The third-order valence-electron chi connectivity index (χ3n) is 4.02. The van der Waals surface area contributed by atoms with Gasteiger partial charge in [-0.3, -0.25) is 4.98 Å². The van der Waals surface area contributed by atoms with E-state index in [9.17, 15) is 0 Å². The van der Waals surface area contributed by atoms with E-state index in [0.29, 0.717) is 5.92 Å². The molecule has 19 heavy (non-hydrogen) atoms. The zero-order valence-electron chi connectivity index (χ0n) is 11.5. The van der Waals surface area contributed by atoms with Crippen LogP contribution in [-0.2, 0) is 0 Å². The maximum absolute atomic E-state index is 4.42. The molecule has 1 saturated heterocycles. The Morgan fingerprint density at radius 2 is 1.95 bits per heavy atom. The van der Waals surface area contributed by atoms with Gasteiger partial charge in [-0.25, -0.2) is 4.98 Å². The van der Waals surface area contributed by atoms with Gasteiger partial charge in [-0.05, 0) is 11.0 Å². The lowest BCUT2D eigenvalue weighted by Crippen LogP contribution is -2.23. The summed E-state index contributed by atoms with van der Waals surface area (Å²) in [4.78, 5) is 10.9. The van der Waals surface area contributed by atoms with Gasteiger partial charge in [0.05, 0.1) is 6.20 Å². The smallest absolute Gasteiger partial charge is 0.147 e. The molecule has 1 aromatic carbocycles. The Morgan fingerprint density at radius 3 is 2.63 bits per heavy atom. The number of rotatable bonds is 2. The highest BCUT2D eigenvalue weighted by Crippen LogP contribution is 2.43. The van der Waals surface area contributed by atoms with E-state index < -0.39 is 0 Å². The molecule has 1 aliphatic rings. The second-order valence-corrected chi connectivity index (χ2v) is 5.90. The fourth-order valence-electron chi connectivity index (χ4n) is 3.01.